The topological polar surface area (TPSA) is 95.8 Å². The maximum atomic E-state index is 13.5. The highest BCUT2D eigenvalue weighted by atomic mass is 16.5. The average Bonchev–Trinajstić information content (AvgIpc) is 3.50. The van der Waals surface area contributed by atoms with Gasteiger partial charge in [-0.2, -0.15) is 5.10 Å². The van der Waals surface area contributed by atoms with Crippen molar-refractivity contribution >= 4 is 23.9 Å². The molecule has 1 saturated carbocycles. The predicted octanol–water partition coefficient (Wildman–Crippen LogP) is 5.25. The standard InChI is InChI=1S/C30H35N5O4/c1-3-21-20-27(36)35(29(22-9-5-4-6-10-22)32-30(37)34-17-15-31-16-18-34)33-28(21)23-13-14-25(38-2)26(19-23)39-24-11-7-8-12-24/h4-6,9-10,13-17,19,21,24,29H,3,7-8,11-12,18,20H2,1-2H3,(H,32,37). The van der Waals surface area contributed by atoms with Gasteiger partial charge in [0.05, 0.1) is 25.5 Å². The van der Waals surface area contributed by atoms with Crippen LogP contribution in [0.5, 0.6) is 11.5 Å². The van der Waals surface area contributed by atoms with E-state index in [2.05, 4.69) is 17.2 Å². The molecular weight excluding hydrogens is 494 g/mol. The molecule has 0 bridgehead atoms. The summed E-state index contributed by atoms with van der Waals surface area (Å²) < 4.78 is 11.9. The first-order valence-electron chi connectivity index (χ1n) is 13.6. The molecule has 0 radical (unpaired) electrons. The lowest BCUT2D eigenvalue weighted by atomic mass is 9.89. The average molecular weight is 530 g/mol. The van der Waals surface area contributed by atoms with E-state index >= 15 is 0 Å². The monoisotopic (exact) mass is 529 g/mol. The van der Waals surface area contributed by atoms with E-state index in [1.54, 1.807) is 25.7 Å². The molecule has 0 spiro atoms. The zero-order valence-corrected chi connectivity index (χ0v) is 22.5. The maximum absolute atomic E-state index is 13.5. The van der Waals surface area contributed by atoms with Gasteiger partial charge in [-0.05, 0) is 55.9 Å². The third-order valence-electron chi connectivity index (χ3n) is 7.42. The molecular formula is C30H35N5O4. The molecule has 0 saturated heterocycles. The van der Waals surface area contributed by atoms with E-state index in [1.165, 1.54) is 22.8 Å². The normalized spacial score (nSPS) is 20.1. The maximum Gasteiger partial charge on any atom is 0.323 e. The fourth-order valence-corrected chi connectivity index (χ4v) is 5.25. The molecule has 2 aromatic rings. The lowest BCUT2D eigenvalue weighted by molar-refractivity contribution is -0.135. The van der Waals surface area contributed by atoms with Gasteiger partial charge >= 0.3 is 6.03 Å². The molecule has 2 aliphatic heterocycles. The molecule has 2 heterocycles. The quantitative estimate of drug-likeness (QED) is 0.506. The summed E-state index contributed by atoms with van der Waals surface area (Å²) in [6.45, 7) is 2.41. The number of amides is 3. The number of hydrogen-bond acceptors (Lipinski definition) is 6. The molecule has 39 heavy (non-hydrogen) atoms. The third-order valence-corrected chi connectivity index (χ3v) is 7.42. The summed E-state index contributed by atoms with van der Waals surface area (Å²) in [6, 6.07) is 14.9. The number of hydrazone groups is 1. The van der Waals surface area contributed by atoms with Gasteiger partial charge in [-0.25, -0.2) is 9.80 Å². The van der Waals surface area contributed by atoms with E-state index in [1.807, 2.05) is 48.5 Å². The number of rotatable bonds is 8. The second-order valence-corrected chi connectivity index (χ2v) is 9.97. The van der Waals surface area contributed by atoms with Gasteiger partial charge in [0.1, 0.15) is 0 Å². The van der Waals surface area contributed by atoms with Crippen LogP contribution in [-0.4, -0.2) is 53.5 Å². The van der Waals surface area contributed by atoms with Crippen LogP contribution in [0.25, 0.3) is 0 Å². The van der Waals surface area contributed by atoms with Crippen LogP contribution >= 0.6 is 0 Å². The summed E-state index contributed by atoms with van der Waals surface area (Å²) in [4.78, 5) is 32.2. The minimum Gasteiger partial charge on any atom is -0.493 e. The second kappa shape index (κ2) is 12.1. The van der Waals surface area contributed by atoms with Gasteiger partial charge in [-0.15, -0.1) is 0 Å². The summed E-state index contributed by atoms with van der Waals surface area (Å²) >= 11 is 0. The second-order valence-electron chi connectivity index (χ2n) is 9.97. The van der Waals surface area contributed by atoms with Crippen LogP contribution in [0.3, 0.4) is 0 Å². The largest absolute Gasteiger partial charge is 0.493 e. The molecule has 2 atom stereocenters. The Morgan fingerprint density at radius 2 is 1.92 bits per heavy atom. The van der Waals surface area contributed by atoms with Crippen LogP contribution in [0.2, 0.25) is 0 Å². The van der Waals surface area contributed by atoms with Crippen molar-refractivity contribution in [1.82, 2.24) is 15.2 Å². The number of nitrogens with zero attached hydrogens (tertiary/aromatic N) is 4. The smallest absolute Gasteiger partial charge is 0.323 e. The Hall–Kier alpha value is -4.14. The Bertz CT molecular complexity index is 1270. The van der Waals surface area contributed by atoms with E-state index in [0.717, 1.165) is 36.1 Å². The summed E-state index contributed by atoms with van der Waals surface area (Å²) in [6.07, 6.45) is 9.66. The van der Waals surface area contributed by atoms with E-state index in [4.69, 9.17) is 14.6 Å². The van der Waals surface area contributed by atoms with Crippen molar-refractivity contribution in [2.75, 3.05) is 13.7 Å². The van der Waals surface area contributed by atoms with Crippen LogP contribution < -0.4 is 14.8 Å². The summed E-state index contributed by atoms with van der Waals surface area (Å²) in [5.41, 5.74) is 2.42. The predicted molar refractivity (Wildman–Crippen MR) is 150 cm³/mol. The van der Waals surface area contributed by atoms with Gasteiger partial charge in [0.15, 0.2) is 17.7 Å². The van der Waals surface area contributed by atoms with Gasteiger partial charge in [0, 0.05) is 36.5 Å². The van der Waals surface area contributed by atoms with Crippen molar-refractivity contribution in [3.8, 4) is 11.5 Å². The van der Waals surface area contributed by atoms with Crippen LogP contribution in [0.1, 0.15) is 62.7 Å². The van der Waals surface area contributed by atoms with Crippen LogP contribution in [-0.2, 0) is 4.79 Å². The summed E-state index contributed by atoms with van der Waals surface area (Å²) in [5.74, 6) is 1.16. The van der Waals surface area contributed by atoms with Gasteiger partial charge in [0.2, 0.25) is 5.91 Å². The van der Waals surface area contributed by atoms with Crippen molar-refractivity contribution in [2.24, 2.45) is 16.0 Å². The Morgan fingerprint density at radius 1 is 1.13 bits per heavy atom. The van der Waals surface area contributed by atoms with Gasteiger partial charge in [-0.1, -0.05) is 37.3 Å². The zero-order valence-electron chi connectivity index (χ0n) is 22.5. The molecule has 2 unspecified atom stereocenters. The Labute approximate surface area is 229 Å². The van der Waals surface area contributed by atoms with E-state index < -0.39 is 6.17 Å². The third kappa shape index (κ3) is 5.97. The lowest BCUT2D eigenvalue weighted by Gasteiger charge is -2.35. The highest BCUT2D eigenvalue weighted by Crippen LogP contribution is 2.35. The van der Waals surface area contributed by atoms with Crippen molar-refractivity contribution in [1.29, 1.82) is 0 Å². The first-order chi connectivity index (χ1) is 19.1. The number of benzene rings is 2. The molecule has 204 valence electrons. The number of carbonyl (C=O) groups is 2. The Balaban J connectivity index is 1.50. The molecule has 5 rings (SSSR count). The van der Waals surface area contributed by atoms with Crippen molar-refractivity contribution in [2.45, 2.75) is 57.7 Å². The SMILES string of the molecule is CCC1CC(=O)N(C(NC(=O)N2C=CN=CC2)c2ccccc2)N=C1c1ccc(OC)c(OC2CCCC2)c1. The van der Waals surface area contributed by atoms with Crippen molar-refractivity contribution in [3.63, 3.8) is 0 Å². The van der Waals surface area contributed by atoms with Crippen LogP contribution in [0.4, 0.5) is 4.79 Å². The van der Waals surface area contributed by atoms with E-state index in [-0.39, 0.29) is 30.4 Å². The minimum atomic E-state index is -0.779. The molecule has 2 aromatic carbocycles. The number of urea groups is 1. The molecule has 1 fully saturated rings. The molecule has 0 aromatic heterocycles. The molecule has 1 aliphatic carbocycles. The van der Waals surface area contributed by atoms with E-state index in [0.29, 0.717) is 18.0 Å². The molecule has 3 aliphatic rings. The highest BCUT2D eigenvalue weighted by Gasteiger charge is 2.35. The Kier molecular flexibility index (Phi) is 8.24. The number of nitrogens with one attached hydrogen (secondary N) is 1. The number of hydrogen-bond donors (Lipinski definition) is 1. The summed E-state index contributed by atoms with van der Waals surface area (Å²) in [5, 5.41) is 9.34. The zero-order chi connectivity index (χ0) is 27.2. The minimum absolute atomic E-state index is 0.0603. The van der Waals surface area contributed by atoms with Crippen LogP contribution in [0, 0.1) is 5.92 Å². The number of ether oxygens (including phenoxy) is 2. The summed E-state index contributed by atoms with van der Waals surface area (Å²) in [7, 11) is 1.64. The fraction of sp³-hybridized carbons (Fsp3) is 0.400. The van der Waals surface area contributed by atoms with Crippen molar-refractivity contribution < 1.29 is 19.1 Å². The van der Waals surface area contributed by atoms with E-state index in [9.17, 15) is 9.59 Å². The molecule has 9 heteroatoms. The highest BCUT2D eigenvalue weighted by molar-refractivity contribution is 6.06. The number of aliphatic imine (C=N–C) groups is 1. The van der Waals surface area contributed by atoms with Gasteiger partial charge in [0.25, 0.3) is 0 Å². The first-order valence-corrected chi connectivity index (χ1v) is 13.6. The van der Waals surface area contributed by atoms with Crippen LogP contribution in [0.15, 0.2) is 71.0 Å². The van der Waals surface area contributed by atoms with Crippen molar-refractivity contribution in [3.05, 3.63) is 72.1 Å². The molecule has 3 amide bonds. The number of methoxy groups -OCH3 is 1. The lowest BCUT2D eigenvalue weighted by Crippen LogP contribution is -2.49. The first kappa shape index (κ1) is 26.5. The van der Waals surface area contributed by atoms with Gasteiger partial charge < -0.3 is 14.8 Å². The Morgan fingerprint density at radius 3 is 2.62 bits per heavy atom. The molecule has 1 N–H and O–H groups in total. The van der Waals surface area contributed by atoms with Gasteiger partial charge in [-0.3, -0.25) is 14.7 Å². The number of carbonyl (C=O) groups excluding carboxylic acids is 2. The molecule has 9 nitrogen and oxygen atoms in total. The fourth-order valence-electron chi connectivity index (χ4n) is 5.25.